The fourth-order valence-electron chi connectivity index (χ4n) is 2.80. The van der Waals surface area contributed by atoms with Crippen LogP contribution in [0.1, 0.15) is 12.8 Å². The lowest BCUT2D eigenvalue weighted by atomic mass is 10.1. The van der Waals surface area contributed by atoms with E-state index in [-0.39, 0.29) is 6.10 Å². The molecular formula is C14H16N6OS. The molecule has 1 aliphatic rings. The number of hydrogen-bond acceptors (Lipinski definition) is 7. The van der Waals surface area contributed by atoms with Crippen LogP contribution in [0.25, 0.3) is 11.0 Å². The fraction of sp³-hybridized carbons (Fsp3) is 0.429. The highest BCUT2D eigenvalue weighted by Gasteiger charge is 2.24. The molecule has 0 bridgehead atoms. The molecule has 0 atom stereocenters. The van der Waals surface area contributed by atoms with Crippen LogP contribution < -0.4 is 9.64 Å². The average molecular weight is 316 g/mol. The number of thiazole rings is 1. The minimum Gasteiger partial charge on any atom is -0.467 e. The first kappa shape index (κ1) is 13.4. The molecule has 0 aliphatic carbocycles. The third kappa shape index (κ3) is 2.39. The molecule has 114 valence electrons. The Kier molecular flexibility index (Phi) is 3.38. The Morgan fingerprint density at radius 3 is 2.86 bits per heavy atom. The maximum atomic E-state index is 5.90. The van der Waals surface area contributed by atoms with Crippen LogP contribution in [-0.4, -0.2) is 43.9 Å². The van der Waals surface area contributed by atoms with Gasteiger partial charge in [0, 0.05) is 44.6 Å². The van der Waals surface area contributed by atoms with Crippen molar-refractivity contribution in [2.45, 2.75) is 18.9 Å². The number of rotatable bonds is 3. The number of nitrogens with zero attached hydrogens (tertiary/aromatic N) is 6. The smallest absolute Gasteiger partial charge is 0.273 e. The van der Waals surface area contributed by atoms with E-state index in [1.54, 1.807) is 17.2 Å². The lowest BCUT2D eigenvalue weighted by Gasteiger charge is -2.32. The zero-order valence-electron chi connectivity index (χ0n) is 12.2. The molecule has 0 aromatic carbocycles. The molecule has 1 fully saturated rings. The third-order valence-electron chi connectivity index (χ3n) is 3.93. The SMILES string of the molecule is Cn1ncc2c(N3CCC(Oc4nccs4)CC3)ncnc21. The van der Waals surface area contributed by atoms with Crippen LogP contribution in [0.5, 0.6) is 5.19 Å². The van der Waals surface area contributed by atoms with Gasteiger partial charge < -0.3 is 9.64 Å². The Hall–Kier alpha value is -2.22. The summed E-state index contributed by atoms with van der Waals surface area (Å²) in [6.45, 7) is 1.83. The maximum Gasteiger partial charge on any atom is 0.273 e. The Labute approximate surface area is 131 Å². The first-order valence-corrected chi connectivity index (χ1v) is 8.13. The molecule has 1 aliphatic heterocycles. The standard InChI is InChI=1S/C14H16N6OS/c1-19-12-11(8-18-19)13(17-9-16-12)20-5-2-10(3-6-20)21-14-15-4-7-22-14/h4,7-10H,2-3,5-6H2,1H3. The number of aromatic nitrogens is 5. The van der Waals surface area contributed by atoms with Gasteiger partial charge in [0.25, 0.3) is 5.19 Å². The molecule has 0 saturated carbocycles. The first-order chi connectivity index (χ1) is 10.8. The van der Waals surface area contributed by atoms with Gasteiger partial charge in [-0.1, -0.05) is 11.3 Å². The molecule has 4 rings (SSSR count). The zero-order chi connectivity index (χ0) is 14.9. The van der Waals surface area contributed by atoms with Crippen LogP contribution in [-0.2, 0) is 7.05 Å². The van der Waals surface area contributed by atoms with Gasteiger partial charge in [0.05, 0.1) is 11.6 Å². The minimum atomic E-state index is 0.230. The highest BCUT2D eigenvalue weighted by molar-refractivity contribution is 7.11. The molecule has 0 spiro atoms. The molecule has 4 heterocycles. The van der Waals surface area contributed by atoms with Gasteiger partial charge in [-0.15, -0.1) is 0 Å². The van der Waals surface area contributed by atoms with E-state index in [1.807, 2.05) is 18.6 Å². The molecular weight excluding hydrogens is 300 g/mol. The van der Waals surface area contributed by atoms with Gasteiger partial charge in [-0.25, -0.2) is 15.0 Å². The fourth-order valence-corrected chi connectivity index (χ4v) is 3.35. The van der Waals surface area contributed by atoms with Gasteiger partial charge in [0.15, 0.2) is 5.65 Å². The van der Waals surface area contributed by atoms with E-state index < -0.39 is 0 Å². The second-order valence-electron chi connectivity index (χ2n) is 5.31. The topological polar surface area (TPSA) is 69.0 Å². The van der Waals surface area contributed by atoms with E-state index >= 15 is 0 Å². The van der Waals surface area contributed by atoms with Gasteiger partial charge in [-0.2, -0.15) is 5.10 Å². The van der Waals surface area contributed by atoms with E-state index in [1.165, 1.54) is 11.3 Å². The number of hydrogen-bond donors (Lipinski definition) is 0. The van der Waals surface area contributed by atoms with Gasteiger partial charge >= 0.3 is 0 Å². The normalized spacial score (nSPS) is 16.3. The second kappa shape index (κ2) is 5.53. The summed E-state index contributed by atoms with van der Waals surface area (Å²) in [6, 6.07) is 0. The van der Waals surface area contributed by atoms with Crippen LogP contribution in [0, 0.1) is 0 Å². The average Bonchev–Trinajstić information content (AvgIpc) is 3.18. The summed E-state index contributed by atoms with van der Waals surface area (Å²) >= 11 is 1.54. The van der Waals surface area contributed by atoms with Gasteiger partial charge in [0.2, 0.25) is 0 Å². The molecule has 0 N–H and O–H groups in total. The van der Waals surface area contributed by atoms with Gasteiger partial charge in [0.1, 0.15) is 18.2 Å². The quantitative estimate of drug-likeness (QED) is 0.735. The summed E-state index contributed by atoms with van der Waals surface area (Å²) in [7, 11) is 1.90. The van der Waals surface area contributed by atoms with Crippen molar-refractivity contribution in [2.24, 2.45) is 7.05 Å². The largest absolute Gasteiger partial charge is 0.467 e. The van der Waals surface area contributed by atoms with Crippen molar-refractivity contribution in [3.63, 3.8) is 0 Å². The van der Waals surface area contributed by atoms with Crippen molar-refractivity contribution in [3.8, 4) is 5.19 Å². The molecule has 8 heteroatoms. The Morgan fingerprint density at radius 2 is 2.09 bits per heavy atom. The second-order valence-corrected chi connectivity index (χ2v) is 6.16. The van der Waals surface area contributed by atoms with Crippen LogP contribution in [0.2, 0.25) is 0 Å². The van der Waals surface area contributed by atoms with Crippen molar-refractivity contribution in [1.29, 1.82) is 0 Å². The Bertz CT molecular complexity index is 763. The molecule has 3 aromatic heterocycles. The highest BCUT2D eigenvalue weighted by Crippen LogP contribution is 2.27. The zero-order valence-corrected chi connectivity index (χ0v) is 13.0. The van der Waals surface area contributed by atoms with Crippen molar-refractivity contribution in [1.82, 2.24) is 24.7 Å². The van der Waals surface area contributed by atoms with Crippen molar-refractivity contribution in [2.75, 3.05) is 18.0 Å². The Balaban J connectivity index is 1.48. The lowest BCUT2D eigenvalue weighted by molar-refractivity contribution is 0.170. The van der Waals surface area contributed by atoms with E-state index in [4.69, 9.17) is 4.74 Å². The predicted molar refractivity (Wildman–Crippen MR) is 84.3 cm³/mol. The summed E-state index contributed by atoms with van der Waals surface area (Å²) < 4.78 is 7.68. The summed E-state index contributed by atoms with van der Waals surface area (Å²) in [5.41, 5.74) is 0.867. The van der Waals surface area contributed by atoms with E-state index in [0.29, 0.717) is 0 Å². The van der Waals surface area contributed by atoms with Crippen LogP contribution in [0.3, 0.4) is 0 Å². The highest BCUT2D eigenvalue weighted by atomic mass is 32.1. The van der Waals surface area contributed by atoms with Crippen LogP contribution in [0.15, 0.2) is 24.1 Å². The molecule has 7 nitrogen and oxygen atoms in total. The third-order valence-corrected chi connectivity index (χ3v) is 4.59. The molecule has 1 saturated heterocycles. The van der Waals surface area contributed by atoms with Gasteiger partial charge in [-0.05, 0) is 0 Å². The summed E-state index contributed by atoms with van der Waals surface area (Å²) in [4.78, 5) is 15.2. The van der Waals surface area contributed by atoms with Crippen LogP contribution in [0.4, 0.5) is 5.82 Å². The Morgan fingerprint density at radius 1 is 1.23 bits per heavy atom. The van der Waals surface area contributed by atoms with E-state index in [0.717, 1.165) is 48.0 Å². The monoisotopic (exact) mass is 316 g/mol. The summed E-state index contributed by atoms with van der Waals surface area (Å²) in [6.07, 6.45) is 7.38. The number of ether oxygens (including phenoxy) is 1. The molecule has 3 aromatic rings. The molecule has 0 unspecified atom stereocenters. The number of piperidine rings is 1. The van der Waals surface area contributed by atoms with Crippen molar-refractivity contribution < 1.29 is 4.74 Å². The summed E-state index contributed by atoms with van der Waals surface area (Å²) in [5.74, 6) is 0.964. The van der Waals surface area contributed by atoms with Gasteiger partial charge in [-0.3, -0.25) is 4.68 Å². The molecule has 22 heavy (non-hydrogen) atoms. The van der Waals surface area contributed by atoms with E-state index in [2.05, 4.69) is 25.0 Å². The van der Waals surface area contributed by atoms with E-state index in [9.17, 15) is 0 Å². The van der Waals surface area contributed by atoms with Crippen LogP contribution >= 0.6 is 11.3 Å². The maximum absolute atomic E-state index is 5.90. The lowest BCUT2D eigenvalue weighted by Crippen LogP contribution is -2.38. The number of aryl methyl sites for hydroxylation is 1. The number of fused-ring (bicyclic) bond motifs is 1. The molecule has 0 radical (unpaired) electrons. The number of anilines is 1. The van der Waals surface area contributed by atoms with Crippen molar-refractivity contribution >= 4 is 28.2 Å². The van der Waals surface area contributed by atoms with Crippen molar-refractivity contribution in [3.05, 3.63) is 24.1 Å². The molecule has 0 amide bonds. The summed E-state index contributed by atoms with van der Waals surface area (Å²) in [5, 5.41) is 7.97. The first-order valence-electron chi connectivity index (χ1n) is 7.25. The minimum absolute atomic E-state index is 0.230. The predicted octanol–water partition coefficient (Wildman–Crippen LogP) is 1.87.